The molecule has 4 nitrogen and oxygen atoms in total. The number of rotatable bonds is 3. The number of nitrogens with zero attached hydrogens (tertiary/aromatic N) is 2. The summed E-state index contributed by atoms with van der Waals surface area (Å²) in [4.78, 5) is 20.8. The Hall–Kier alpha value is -3.27. The van der Waals surface area contributed by atoms with Gasteiger partial charge in [-0.2, -0.15) is 0 Å². The summed E-state index contributed by atoms with van der Waals surface area (Å²) in [6, 6.07) is 21.4. The monoisotopic (exact) mass is 314 g/mol. The van der Waals surface area contributed by atoms with Crippen LogP contribution in [0, 0.1) is 0 Å². The summed E-state index contributed by atoms with van der Waals surface area (Å²) in [6.45, 7) is 0.203. The van der Waals surface area contributed by atoms with Crippen LogP contribution in [0.3, 0.4) is 0 Å². The number of para-hydroxylation sites is 2. The van der Waals surface area contributed by atoms with Gasteiger partial charge in [0.25, 0.3) is 0 Å². The van der Waals surface area contributed by atoms with E-state index in [1.807, 2.05) is 66.7 Å². The SMILES string of the molecule is O=C(OCc1cccc2ccccc12)c1cnc2ccccc2n1. The van der Waals surface area contributed by atoms with E-state index in [2.05, 4.69) is 9.97 Å². The van der Waals surface area contributed by atoms with Crippen LogP contribution in [0.25, 0.3) is 21.8 Å². The van der Waals surface area contributed by atoms with Crippen molar-refractivity contribution in [2.75, 3.05) is 0 Å². The van der Waals surface area contributed by atoms with Crippen LogP contribution in [0.1, 0.15) is 16.1 Å². The van der Waals surface area contributed by atoms with Crippen molar-refractivity contribution in [1.29, 1.82) is 0 Å². The largest absolute Gasteiger partial charge is 0.456 e. The Morgan fingerprint density at radius 2 is 1.62 bits per heavy atom. The van der Waals surface area contributed by atoms with Gasteiger partial charge in [0.15, 0.2) is 5.69 Å². The van der Waals surface area contributed by atoms with Gasteiger partial charge >= 0.3 is 5.97 Å². The van der Waals surface area contributed by atoms with Crippen molar-refractivity contribution in [2.45, 2.75) is 6.61 Å². The lowest BCUT2D eigenvalue weighted by Gasteiger charge is -2.08. The van der Waals surface area contributed by atoms with E-state index in [1.165, 1.54) is 6.20 Å². The molecule has 0 aliphatic heterocycles. The minimum atomic E-state index is -0.471. The standard InChI is InChI=1S/C20H14N2O2/c23-20(19-12-21-17-10-3-4-11-18(17)22-19)24-13-15-8-5-7-14-6-1-2-9-16(14)15/h1-12H,13H2. The number of hydrogen-bond donors (Lipinski definition) is 0. The summed E-state index contributed by atoms with van der Waals surface area (Å²) in [5.41, 5.74) is 2.62. The molecule has 0 atom stereocenters. The van der Waals surface area contributed by atoms with Gasteiger partial charge in [-0.3, -0.25) is 4.98 Å². The first-order valence-electron chi connectivity index (χ1n) is 7.67. The molecule has 24 heavy (non-hydrogen) atoms. The summed E-state index contributed by atoms with van der Waals surface area (Å²) in [5.74, 6) is -0.471. The van der Waals surface area contributed by atoms with Crippen LogP contribution in [0.2, 0.25) is 0 Å². The number of esters is 1. The van der Waals surface area contributed by atoms with Gasteiger partial charge in [-0.25, -0.2) is 9.78 Å². The lowest BCUT2D eigenvalue weighted by Crippen LogP contribution is -2.08. The maximum absolute atomic E-state index is 12.3. The maximum Gasteiger partial charge on any atom is 0.358 e. The van der Waals surface area contributed by atoms with Gasteiger partial charge in [-0.05, 0) is 28.5 Å². The molecular formula is C20H14N2O2. The zero-order valence-electron chi connectivity index (χ0n) is 12.8. The molecule has 116 valence electrons. The van der Waals surface area contributed by atoms with E-state index in [-0.39, 0.29) is 12.3 Å². The average Bonchev–Trinajstić information content (AvgIpc) is 2.65. The number of aromatic nitrogens is 2. The molecule has 0 N–H and O–H groups in total. The van der Waals surface area contributed by atoms with Crippen molar-refractivity contribution in [2.24, 2.45) is 0 Å². The van der Waals surface area contributed by atoms with Gasteiger partial charge in [0.1, 0.15) is 6.61 Å². The first kappa shape index (κ1) is 14.3. The summed E-state index contributed by atoms with van der Waals surface area (Å²) in [7, 11) is 0. The lowest BCUT2D eigenvalue weighted by atomic mass is 10.1. The van der Waals surface area contributed by atoms with Gasteiger partial charge in [0.2, 0.25) is 0 Å². The Labute approximate surface area is 138 Å². The number of benzene rings is 3. The molecule has 0 amide bonds. The van der Waals surface area contributed by atoms with E-state index >= 15 is 0 Å². The zero-order chi connectivity index (χ0) is 16.4. The minimum absolute atomic E-state index is 0.203. The molecule has 1 heterocycles. The fraction of sp³-hybridized carbons (Fsp3) is 0.0500. The highest BCUT2D eigenvalue weighted by atomic mass is 16.5. The van der Waals surface area contributed by atoms with Crippen LogP contribution >= 0.6 is 0 Å². The molecule has 0 fully saturated rings. The Bertz CT molecular complexity index is 1040. The van der Waals surface area contributed by atoms with Crippen molar-refractivity contribution < 1.29 is 9.53 Å². The molecule has 0 unspecified atom stereocenters. The second-order valence-electron chi connectivity index (χ2n) is 5.46. The van der Waals surface area contributed by atoms with E-state index in [1.54, 1.807) is 0 Å². The molecule has 4 heteroatoms. The molecule has 3 aromatic carbocycles. The predicted octanol–water partition coefficient (Wildman–Crippen LogP) is 4.14. The second-order valence-corrected chi connectivity index (χ2v) is 5.46. The van der Waals surface area contributed by atoms with Crippen LogP contribution in [-0.4, -0.2) is 15.9 Å². The maximum atomic E-state index is 12.3. The summed E-state index contributed by atoms with van der Waals surface area (Å²) >= 11 is 0. The third-order valence-electron chi connectivity index (χ3n) is 3.90. The van der Waals surface area contributed by atoms with Crippen molar-refractivity contribution in [3.63, 3.8) is 0 Å². The molecule has 0 aliphatic carbocycles. The number of carbonyl (C=O) groups is 1. The normalized spacial score (nSPS) is 10.8. The Kier molecular flexibility index (Phi) is 3.63. The Morgan fingerprint density at radius 3 is 2.54 bits per heavy atom. The van der Waals surface area contributed by atoms with E-state index in [0.717, 1.165) is 21.9 Å². The highest BCUT2D eigenvalue weighted by Gasteiger charge is 2.11. The average molecular weight is 314 g/mol. The van der Waals surface area contributed by atoms with Gasteiger partial charge in [0, 0.05) is 0 Å². The van der Waals surface area contributed by atoms with Gasteiger partial charge in [0.05, 0.1) is 17.2 Å². The van der Waals surface area contributed by atoms with Crippen molar-refractivity contribution in [3.8, 4) is 0 Å². The van der Waals surface area contributed by atoms with E-state index in [9.17, 15) is 4.79 Å². The van der Waals surface area contributed by atoms with Crippen LogP contribution in [0.5, 0.6) is 0 Å². The highest BCUT2D eigenvalue weighted by Crippen LogP contribution is 2.19. The molecule has 0 saturated heterocycles. The van der Waals surface area contributed by atoms with E-state index in [0.29, 0.717) is 5.52 Å². The molecule has 0 radical (unpaired) electrons. The zero-order valence-corrected chi connectivity index (χ0v) is 12.8. The van der Waals surface area contributed by atoms with Crippen molar-refractivity contribution in [3.05, 3.63) is 84.2 Å². The fourth-order valence-corrected chi connectivity index (χ4v) is 2.69. The predicted molar refractivity (Wildman–Crippen MR) is 92.6 cm³/mol. The minimum Gasteiger partial charge on any atom is -0.456 e. The molecule has 0 bridgehead atoms. The summed E-state index contributed by atoms with van der Waals surface area (Å²) in [6.07, 6.45) is 1.45. The van der Waals surface area contributed by atoms with Gasteiger partial charge in [-0.15, -0.1) is 0 Å². The van der Waals surface area contributed by atoms with Gasteiger partial charge < -0.3 is 4.74 Å². The van der Waals surface area contributed by atoms with Crippen LogP contribution in [-0.2, 0) is 11.3 Å². The molecule has 0 spiro atoms. The molecular weight excluding hydrogens is 300 g/mol. The topological polar surface area (TPSA) is 52.1 Å². The van der Waals surface area contributed by atoms with Crippen LogP contribution in [0.4, 0.5) is 0 Å². The van der Waals surface area contributed by atoms with Crippen LogP contribution < -0.4 is 0 Å². The first-order chi connectivity index (χ1) is 11.8. The molecule has 1 aromatic heterocycles. The number of hydrogen-bond acceptors (Lipinski definition) is 4. The van der Waals surface area contributed by atoms with Gasteiger partial charge in [-0.1, -0.05) is 54.6 Å². The third-order valence-corrected chi connectivity index (χ3v) is 3.90. The number of ether oxygens (including phenoxy) is 1. The Morgan fingerprint density at radius 1 is 0.875 bits per heavy atom. The Balaban J connectivity index is 1.57. The molecule has 0 aliphatic rings. The number of fused-ring (bicyclic) bond motifs is 2. The van der Waals surface area contributed by atoms with E-state index < -0.39 is 5.97 Å². The first-order valence-corrected chi connectivity index (χ1v) is 7.67. The smallest absolute Gasteiger partial charge is 0.358 e. The van der Waals surface area contributed by atoms with Crippen LogP contribution in [0.15, 0.2) is 72.9 Å². The quantitative estimate of drug-likeness (QED) is 0.533. The summed E-state index contributed by atoms with van der Waals surface area (Å²) < 4.78 is 5.43. The highest BCUT2D eigenvalue weighted by molar-refractivity contribution is 5.90. The third kappa shape index (κ3) is 2.70. The fourth-order valence-electron chi connectivity index (χ4n) is 2.69. The van der Waals surface area contributed by atoms with Crippen molar-refractivity contribution >= 4 is 27.8 Å². The second kappa shape index (κ2) is 6.08. The molecule has 0 saturated carbocycles. The van der Waals surface area contributed by atoms with E-state index in [4.69, 9.17) is 4.74 Å². The molecule has 4 aromatic rings. The van der Waals surface area contributed by atoms with Crippen molar-refractivity contribution in [1.82, 2.24) is 9.97 Å². The lowest BCUT2D eigenvalue weighted by molar-refractivity contribution is 0.0467. The molecule has 4 rings (SSSR count). The number of carbonyl (C=O) groups excluding carboxylic acids is 1. The summed E-state index contributed by atoms with van der Waals surface area (Å²) in [5, 5.41) is 2.20.